The summed E-state index contributed by atoms with van der Waals surface area (Å²) in [5, 5.41) is 2.84. The van der Waals surface area contributed by atoms with Gasteiger partial charge in [-0.3, -0.25) is 9.97 Å². The van der Waals surface area contributed by atoms with Crippen LogP contribution in [0.2, 0.25) is 18.5 Å². The molecular weight excluding hydrogens is 867 g/mol. The molecule has 0 radical (unpaired) electrons. The van der Waals surface area contributed by atoms with Gasteiger partial charge in [0.2, 0.25) is 0 Å². The van der Waals surface area contributed by atoms with Gasteiger partial charge in [0.25, 0.3) is 0 Å². The SMILES string of the molecule is CC#Cc1nccnc1C1CN(c2ccc3ccccc3n2)C1.CC#[C][Sn]([CH2]CCC)([CH2]CCC)[CH2]CCC.Clc1nccnc1C1CN(c2ccc3ccccc3n2)C1. The molecular formula is C50H59ClN8Sn. The standard InChI is InChI=1S/C19H16N4.C16H13ClN4.3C4H9.C3H3.Sn/c1-2-5-17-19(21-11-10-20-17)15-12-23(13-15)18-9-8-14-6-3-4-7-16(14)22-18;17-16-15(18-7-8-19-16)12-9-21(10-12)14-6-5-11-3-1-2-4-13(11)20-14;3*1-3-4-2;1-3-2;/h3-4,6-11,15H,12-13H2,1H3;1-8,12H,9-10H2;3*1,3-4H2,2H3;1H3;. The van der Waals surface area contributed by atoms with Crippen LogP contribution in [-0.2, 0) is 0 Å². The molecule has 2 saturated heterocycles. The first-order valence-corrected chi connectivity index (χ1v) is 29.6. The number of hydrogen-bond acceptors (Lipinski definition) is 8. The predicted octanol–water partition coefficient (Wildman–Crippen LogP) is 11.7. The summed E-state index contributed by atoms with van der Waals surface area (Å²) in [6.45, 7) is 14.4. The van der Waals surface area contributed by atoms with Gasteiger partial charge in [0.05, 0.1) is 22.4 Å². The molecule has 8 rings (SSSR count). The van der Waals surface area contributed by atoms with Gasteiger partial charge in [0.1, 0.15) is 17.3 Å². The van der Waals surface area contributed by atoms with E-state index in [2.05, 4.69) is 116 Å². The summed E-state index contributed by atoms with van der Waals surface area (Å²) < 4.78 is 8.32. The van der Waals surface area contributed by atoms with Gasteiger partial charge in [0, 0.05) is 73.6 Å². The third kappa shape index (κ3) is 11.7. The van der Waals surface area contributed by atoms with E-state index in [1.54, 1.807) is 24.8 Å². The van der Waals surface area contributed by atoms with Crippen molar-refractivity contribution in [2.75, 3.05) is 36.0 Å². The zero-order valence-corrected chi connectivity index (χ0v) is 39.7. The van der Waals surface area contributed by atoms with Gasteiger partial charge in [0.15, 0.2) is 5.15 Å². The molecule has 0 aliphatic carbocycles. The molecule has 0 unspecified atom stereocenters. The van der Waals surface area contributed by atoms with E-state index >= 15 is 0 Å². The summed E-state index contributed by atoms with van der Waals surface area (Å²) in [7, 11) is 0. The molecule has 310 valence electrons. The molecule has 2 fully saturated rings. The van der Waals surface area contributed by atoms with Crippen molar-refractivity contribution in [2.45, 2.75) is 98.3 Å². The fraction of sp³-hybridized carbons (Fsp3) is 0.400. The average molecular weight is 926 g/mol. The van der Waals surface area contributed by atoms with Crippen molar-refractivity contribution in [1.82, 2.24) is 29.9 Å². The molecule has 0 saturated carbocycles. The Morgan fingerprint density at radius 2 is 1.05 bits per heavy atom. The van der Waals surface area contributed by atoms with Crippen LogP contribution >= 0.6 is 11.6 Å². The van der Waals surface area contributed by atoms with Gasteiger partial charge in [-0.1, -0.05) is 53.9 Å². The first-order valence-electron chi connectivity index (χ1n) is 21.8. The number of para-hydroxylation sites is 2. The fourth-order valence-electron chi connectivity index (χ4n) is 7.98. The molecule has 6 aromatic rings. The van der Waals surface area contributed by atoms with Crippen LogP contribution in [0.4, 0.5) is 11.6 Å². The predicted molar refractivity (Wildman–Crippen MR) is 253 cm³/mol. The smallest absolute Gasteiger partial charge is 0.150 e. The minimum absolute atomic E-state index is 0.333. The van der Waals surface area contributed by atoms with E-state index in [1.807, 2.05) is 43.3 Å². The number of benzene rings is 2. The van der Waals surface area contributed by atoms with Crippen molar-refractivity contribution in [2.24, 2.45) is 0 Å². The van der Waals surface area contributed by atoms with Crippen molar-refractivity contribution in [1.29, 1.82) is 0 Å². The Hall–Kier alpha value is -4.77. The summed E-state index contributed by atoms with van der Waals surface area (Å²) in [5.74, 6) is 12.0. The van der Waals surface area contributed by atoms with E-state index in [1.165, 1.54) is 57.2 Å². The number of unbranched alkanes of at least 4 members (excludes halogenated alkanes) is 3. The molecule has 0 bridgehead atoms. The molecule has 0 atom stereocenters. The zero-order chi connectivity index (χ0) is 42.2. The summed E-state index contributed by atoms with van der Waals surface area (Å²) in [6, 6.07) is 24.7. The molecule has 6 heterocycles. The van der Waals surface area contributed by atoms with Gasteiger partial charge in [-0.2, -0.15) is 0 Å². The fourth-order valence-corrected chi connectivity index (χ4v) is 21.8. The first kappa shape index (κ1) is 44.8. The minimum Gasteiger partial charge on any atom is -0.355 e. The van der Waals surface area contributed by atoms with E-state index < -0.39 is 18.4 Å². The molecule has 2 aliphatic heterocycles. The number of rotatable bonds is 13. The molecule has 0 N–H and O–H groups in total. The maximum atomic E-state index is 6.10. The maximum absolute atomic E-state index is 6.10. The largest absolute Gasteiger partial charge is 0.355 e. The second kappa shape index (κ2) is 22.7. The van der Waals surface area contributed by atoms with Crippen molar-refractivity contribution < 1.29 is 0 Å². The van der Waals surface area contributed by atoms with Crippen LogP contribution in [0.25, 0.3) is 21.8 Å². The Labute approximate surface area is 366 Å². The molecule has 4 aromatic heterocycles. The van der Waals surface area contributed by atoms with E-state index in [0.29, 0.717) is 17.0 Å². The average Bonchev–Trinajstić information content (AvgIpc) is 3.25. The summed E-state index contributed by atoms with van der Waals surface area (Å²) in [4.78, 5) is 31.2. The van der Waals surface area contributed by atoms with Gasteiger partial charge < -0.3 is 9.80 Å². The molecule has 60 heavy (non-hydrogen) atoms. The Morgan fingerprint density at radius 1 is 0.583 bits per heavy atom. The van der Waals surface area contributed by atoms with Crippen LogP contribution in [-0.4, -0.2) is 74.5 Å². The van der Waals surface area contributed by atoms with E-state index in [9.17, 15) is 0 Å². The number of nitrogens with zero attached hydrogens (tertiary/aromatic N) is 8. The number of fused-ring (bicyclic) bond motifs is 2. The van der Waals surface area contributed by atoms with Crippen LogP contribution < -0.4 is 9.80 Å². The number of anilines is 2. The molecule has 0 amide bonds. The third-order valence-corrected chi connectivity index (χ3v) is 25.2. The zero-order valence-electron chi connectivity index (χ0n) is 36.0. The quantitative estimate of drug-likeness (QED) is 0.0837. The summed E-state index contributed by atoms with van der Waals surface area (Å²) >= 11 is 4.08. The molecule has 2 aliphatic rings. The minimum atomic E-state index is -2.02. The molecule has 2 aromatic carbocycles. The molecule has 10 heteroatoms. The monoisotopic (exact) mass is 926 g/mol. The van der Waals surface area contributed by atoms with Crippen molar-refractivity contribution >= 4 is 63.4 Å². The number of hydrogen-bond donors (Lipinski definition) is 0. The van der Waals surface area contributed by atoms with Crippen LogP contribution in [0.15, 0.2) is 97.6 Å². The Bertz CT molecular complexity index is 2400. The van der Waals surface area contributed by atoms with E-state index in [4.69, 9.17) is 21.6 Å². The third-order valence-electron chi connectivity index (χ3n) is 11.4. The van der Waals surface area contributed by atoms with Gasteiger partial charge in [-0.05, 0) is 49.2 Å². The van der Waals surface area contributed by atoms with E-state index in [0.717, 1.165) is 71.3 Å². The van der Waals surface area contributed by atoms with Gasteiger partial charge >= 0.3 is 108 Å². The second-order valence-corrected chi connectivity index (χ2v) is 28.5. The van der Waals surface area contributed by atoms with Crippen LogP contribution in [0, 0.1) is 21.7 Å². The van der Waals surface area contributed by atoms with Gasteiger partial charge in [-0.15, -0.1) is 0 Å². The summed E-state index contributed by atoms with van der Waals surface area (Å²) in [5.41, 5.74) is 4.74. The number of aromatic nitrogens is 6. The number of pyridine rings is 2. The Kier molecular flexibility index (Phi) is 17.0. The second-order valence-electron chi connectivity index (χ2n) is 15.8. The topological polar surface area (TPSA) is 83.8 Å². The molecule has 8 nitrogen and oxygen atoms in total. The van der Waals surface area contributed by atoms with Gasteiger partial charge in [-0.25, -0.2) is 19.9 Å². The van der Waals surface area contributed by atoms with Crippen molar-refractivity contribution in [3.05, 3.63) is 120 Å². The van der Waals surface area contributed by atoms with Crippen LogP contribution in [0.1, 0.15) is 102 Å². The van der Waals surface area contributed by atoms with Crippen LogP contribution in [0.5, 0.6) is 0 Å². The summed E-state index contributed by atoms with van der Waals surface area (Å²) in [6.07, 6.45) is 15.1. The first-order chi connectivity index (χ1) is 29.4. The Morgan fingerprint density at radius 3 is 1.53 bits per heavy atom. The van der Waals surface area contributed by atoms with Crippen LogP contribution in [0.3, 0.4) is 0 Å². The van der Waals surface area contributed by atoms with Crippen molar-refractivity contribution in [3.63, 3.8) is 0 Å². The van der Waals surface area contributed by atoms with E-state index in [-0.39, 0.29) is 0 Å². The van der Waals surface area contributed by atoms with Crippen molar-refractivity contribution in [3.8, 4) is 21.7 Å². The Balaban J connectivity index is 0.000000154. The maximum Gasteiger partial charge on any atom is 0.150 e. The molecule has 0 spiro atoms. The normalized spacial score (nSPS) is 13.7. The number of halogens is 1.